The number of halogens is 3. The van der Waals surface area contributed by atoms with E-state index in [0.717, 1.165) is 24.1 Å². The molecule has 142 valence electrons. The predicted molar refractivity (Wildman–Crippen MR) is 95.0 cm³/mol. The average Bonchev–Trinajstić information content (AvgIpc) is 2.64. The van der Waals surface area contributed by atoms with E-state index in [1.165, 1.54) is 29.5 Å². The maximum Gasteiger partial charge on any atom is 0.416 e. The van der Waals surface area contributed by atoms with E-state index >= 15 is 0 Å². The normalized spacial score (nSPS) is 13.9. The molecule has 27 heavy (non-hydrogen) atoms. The Hall–Kier alpha value is -2.83. The van der Waals surface area contributed by atoms with Crippen LogP contribution in [0.3, 0.4) is 0 Å². The summed E-state index contributed by atoms with van der Waals surface area (Å²) in [5.74, 6) is -0.639. The summed E-state index contributed by atoms with van der Waals surface area (Å²) >= 11 is 0. The number of rotatable bonds is 3. The van der Waals surface area contributed by atoms with Crippen molar-refractivity contribution in [3.63, 3.8) is 0 Å². The number of benzene rings is 2. The van der Waals surface area contributed by atoms with Gasteiger partial charge in [0.05, 0.1) is 5.56 Å². The van der Waals surface area contributed by atoms with Crippen molar-refractivity contribution in [3.8, 4) is 0 Å². The first-order chi connectivity index (χ1) is 12.8. The van der Waals surface area contributed by atoms with Crippen LogP contribution in [0.2, 0.25) is 0 Å². The Bertz CT molecular complexity index is 847. The average molecular weight is 376 g/mol. The number of anilines is 1. The minimum absolute atomic E-state index is 0.205. The van der Waals surface area contributed by atoms with Crippen molar-refractivity contribution in [1.29, 1.82) is 0 Å². The van der Waals surface area contributed by atoms with Crippen LogP contribution in [-0.4, -0.2) is 29.8 Å². The van der Waals surface area contributed by atoms with Gasteiger partial charge in [0.1, 0.15) is 6.54 Å². The van der Waals surface area contributed by atoms with Gasteiger partial charge in [-0.1, -0.05) is 24.3 Å². The molecule has 4 nitrogen and oxygen atoms in total. The standard InChI is InChI=1S/C20H19F3N2O2/c1-14(26)25(18-8-6-17(7-9-18)20(21,22)23)13-19(27)24-11-10-15-4-2-3-5-16(15)12-24/h2-9H,10-13H2,1H3. The summed E-state index contributed by atoms with van der Waals surface area (Å²) in [6.45, 7) is 2.10. The molecule has 0 unspecified atom stereocenters. The first kappa shape index (κ1) is 18.9. The summed E-state index contributed by atoms with van der Waals surface area (Å²) in [6.07, 6.45) is -3.71. The van der Waals surface area contributed by atoms with Crippen LogP contribution < -0.4 is 4.90 Å². The van der Waals surface area contributed by atoms with E-state index in [1.807, 2.05) is 24.3 Å². The van der Waals surface area contributed by atoms with Gasteiger partial charge in [0.15, 0.2) is 0 Å². The molecule has 0 fully saturated rings. The van der Waals surface area contributed by atoms with Gasteiger partial charge in [-0.2, -0.15) is 13.2 Å². The lowest BCUT2D eigenvalue weighted by Gasteiger charge is -2.31. The van der Waals surface area contributed by atoms with Crippen LogP contribution in [0.5, 0.6) is 0 Å². The third kappa shape index (κ3) is 4.30. The maximum atomic E-state index is 12.7. The lowest BCUT2D eigenvalue weighted by Crippen LogP contribution is -2.44. The van der Waals surface area contributed by atoms with E-state index < -0.39 is 17.6 Å². The fourth-order valence-corrected chi connectivity index (χ4v) is 3.16. The number of hydrogen-bond donors (Lipinski definition) is 0. The van der Waals surface area contributed by atoms with Crippen LogP contribution >= 0.6 is 0 Å². The number of fused-ring (bicyclic) bond motifs is 1. The van der Waals surface area contributed by atoms with Gasteiger partial charge in [0, 0.05) is 25.7 Å². The number of carbonyl (C=O) groups is 2. The minimum Gasteiger partial charge on any atom is -0.336 e. The Balaban J connectivity index is 1.73. The van der Waals surface area contributed by atoms with Crippen molar-refractivity contribution in [2.45, 2.75) is 26.1 Å². The SMILES string of the molecule is CC(=O)N(CC(=O)N1CCc2ccccc2C1)c1ccc(C(F)(F)F)cc1. The molecule has 3 rings (SSSR count). The van der Waals surface area contributed by atoms with E-state index in [2.05, 4.69) is 0 Å². The van der Waals surface area contributed by atoms with Gasteiger partial charge in [-0.3, -0.25) is 9.59 Å². The maximum absolute atomic E-state index is 12.7. The highest BCUT2D eigenvalue weighted by molar-refractivity contribution is 5.97. The zero-order chi connectivity index (χ0) is 19.6. The zero-order valence-corrected chi connectivity index (χ0v) is 14.8. The highest BCUT2D eigenvalue weighted by Gasteiger charge is 2.30. The molecule has 0 N–H and O–H groups in total. The molecule has 7 heteroatoms. The molecule has 1 aliphatic heterocycles. The fraction of sp³-hybridized carbons (Fsp3) is 0.300. The largest absolute Gasteiger partial charge is 0.416 e. The Morgan fingerprint density at radius 3 is 2.26 bits per heavy atom. The zero-order valence-electron chi connectivity index (χ0n) is 14.8. The topological polar surface area (TPSA) is 40.6 Å². The Morgan fingerprint density at radius 1 is 1.04 bits per heavy atom. The summed E-state index contributed by atoms with van der Waals surface area (Å²) in [5.41, 5.74) is 1.74. The van der Waals surface area contributed by atoms with Crippen molar-refractivity contribution in [3.05, 3.63) is 65.2 Å². The molecule has 0 saturated heterocycles. The van der Waals surface area contributed by atoms with Gasteiger partial charge < -0.3 is 9.80 Å². The van der Waals surface area contributed by atoms with E-state index in [4.69, 9.17) is 0 Å². The van der Waals surface area contributed by atoms with Crippen molar-refractivity contribution in [1.82, 2.24) is 4.90 Å². The second kappa shape index (κ2) is 7.42. The molecule has 2 aromatic carbocycles. The first-order valence-electron chi connectivity index (χ1n) is 8.55. The molecular formula is C20H19F3N2O2. The summed E-state index contributed by atoms with van der Waals surface area (Å²) in [6, 6.07) is 12.1. The predicted octanol–water partition coefficient (Wildman–Crippen LogP) is 3.64. The smallest absolute Gasteiger partial charge is 0.336 e. The molecule has 2 aromatic rings. The van der Waals surface area contributed by atoms with Crippen molar-refractivity contribution in [2.24, 2.45) is 0 Å². The monoisotopic (exact) mass is 376 g/mol. The summed E-state index contributed by atoms with van der Waals surface area (Å²) in [7, 11) is 0. The van der Waals surface area contributed by atoms with Crippen LogP contribution in [0.4, 0.5) is 18.9 Å². The number of carbonyl (C=O) groups excluding carboxylic acids is 2. The molecule has 0 bridgehead atoms. The minimum atomic E-state index is -4.45. The highest BCUT2D eigenvalue weighted by atomic mass is 19.4. The molecule has 0 aliphatic carbocycles. The molecule has 0 aromatic heterocycles. The van der Waals surface area contributed by atoms with Crippen LogP contribution in [0.15, 0.2) is 48.5 Å². The molecule has 1 aliphatic rings. The lowest BCUT2D eigenvalue weighted by atomic mass is 10.00. The summed E-state index contributed by atoms with van der Waals surface area (Å²) in [4.78, 5) is 27.5. The third-order valence-electron chi connectivity index (χ3n) is 4.66. The number of alkyl halides is 3. The quantitative estimate of drug-likeness (QED) is 0.821. The Kier molecular flexibility index (Phi) is 5.21. The number of amides is 2. The molecule has 0 spiro atoms. The van der Waals surface area contributed by atoms with E-state index in [0.29, 0.717) is 13.1 Å². The van der Waals surface area contributed by atoms with Gasteiger partial charge in [0.25, 0.3) is 0 Å². The molecule has 0 radical (unpaired) electrons. The lowest BCUT2D eigenvalue weighted by molar-refractivity contribution is -0.137. The second-order valence-corrected chi connectivity index (χ2v) is 6.48. The molecule has 1 heterocycles. The Labute approximate surface area is 155 Å². The second-order valence-electron chi connectivity index (χ2n) is 6.48. The van der Waals surface area contributed by atoms with Crippen LogP contribution in [-0.2, 0) is 28.7 Å². The van der Waals surface area contributed by atoms with E-state index in [9.17, 15) is 22.8 Å². The molecular weight excluding hydrogens is 357 g/mol. The highest BCUT2D eigenvalue weighted by Crippen LogP contribution is 2.30. The summed E-state index contributed by atoms with van der Waals surface area (Å²) < 4.78 is 38.1. The van der Waals surface area contributed by atoms with Crippen LogP contribution in [0.25, 0.3) is 0 Å². The van der Waals surface area contributed by atoms with Crippen LogP contribution in [0, 0.1) is 0 Å². The molecule has 0 saturated carbocycles. The van der Waals surface area contributed by atoms with Gasteiger partial charge in [-0.25, -0.2) is 0 Å². The Morgan fingerprint density at radius 2 is 1.67 bits per heavy atom. The third-order valence-corrected chi connectivity index (χ3v) is 4.66. The fourth-order valence-electron chi connectivity index (χ4n) is 3.16. The van der Waals surface area contributed by atoms with E-state index in [-0.39, 0.29) is 18.1 Å². The molecule has 2 amide bonds. The van der Waals surface area contributed by atoms with Gasteiger partial charge >= 0.3 is 6.18 Å². The first-order valence-corrected chi connectivity index (χ1v) is 8.55. The number of hydrogen-bond acceptors (Lipinski definition) is 2. The number of nitrogens with zero attached hydrogens (tertiary/aromatic N) is 2. The van der Waals surface area contributed by atoms with Crippen LogP contribution in [0.1, 0.15) is 23.6 Å². The van der Waals surface area contributed by atoms with Crippen molar-refractivity contribution >= 4 is 17.5 Å². The van der Waals surface area contributed by atoms with Gasteiger partial charge in [-0.15, -0.1) is 0 Å². The molecule has 0 atom stereocenters. The van der Waals surface area contributed by atoms with Gasteiger partial charge in [0.2, 0.25) is 11.8 Å². The van der Waals surface area contributed by atoms with Gasteiger partial charge in [-0.05, 0) is 41.8 Å². The van der Waals surface area contributed by atoms with Crippen molar-refractivity contribution < 1.29 is 22.8 Å². The van der Waals surface area contributed by atoms with E-state index in [1.54, 1.807) is 4.90 Å². The van der Waals surface area contributed by atoms with Crippen molar-refractivity contribution in [2.75, 3.05) is 18.0 Å². The summed E-state index contributed by atoms with van der Waals surface area (Å²) in [5, 5.41) is 0.